The molecule has 2 aromatic heterocycles. The van der Waals surface area contributed by atoms with Gasteiger partial charge in [-0.1, -0.05) is 22.9 Å². The summed E-state index contributed by atoms with van der Waals surface area (Å²) in [4.78, 5) is 27.7. The Morgan fingerprint density at radius 1 is 1.28 bits per heavy atom. The molecule has 166 valence electrons. The molecule has 1 fully saturated rings. The number of nitrogens with one attached hydrogen (secondary N) is 2. The normalized spacial score (nSPS) is 19.3. The van der Waals surface area contributed by atoms with Crippen molar-refractivity contribution in [2.24, 2.45) is 0 Å². The van der Waals surface area contributed by atoms with Crippen molar-refractivity contribution in [3.05, 3.63) is 58.6 Å². The number of ether oxygens (including phenoxy) is 1. The van der Waals surface area contributed by atoms with Crippen LogP contribution in [0, 0.1) is 0 Å². The highest BCUT2D eigenvalue weighted by Crippen LogP contribution is 2.41. The minimum absolute atomic E-state index is 0.0228. The SMILES string of the molecule is C[C@H]1c2cc(Br)ccc2O[C@H]1C(=O)N(CCNC(=O)c1cc(-c2ccoc2)n[nH]1)C1CC1. The predicted octanol–water partition coefficient (Wildman–Crippen LogP) is 3.72. The van der Waals surface area contributed by atoms with Crippen LogP contribution >= 0.6 is 15.9 Å². The monoisotopic (exact) mass is 498 g/mol. The zero-order chi connectivity index (χ0) is 22.2. The van der Waals surface area contributed by atoms with Gasteiger partial charge >= 0.3 is 0 Å². The number of aromatic amines is 1. The van der Waals surface area contributed by atoms with Crippen LogP contribution in [0.5, 0.6) is 5.75 Å². The first kappa shape index (κ1) is 20.8. The maximum absolute atomic E-state index is 13.3. The molecule has 0 unspecified atom stereocenters. The fourth-order valence-electron chi connectivity index (χ4n) is 4.05. The van der Waals surface area contributed by atoms with E-state index in [9.17, 15) is 9.59 Å². The van der Waals surface area contributed by atoms with Gasteiger partial charge in [0.05, 0.1) is 18.2 Å². The number of amides is 2. The van der Waals surface area contributed by atoms with Gasteiger partial charge in [0.15, 0.2) is 6.10 Å². The molecule has 2 atom stereocenters. The van der Waals surface area contributed by atoms with Gasteiger partial charge in [0.2, 0.25) is 0 Å². The van der Waals surface area contributed by atoms with Crippen LogP contribution in [0.2, 0.25) is 0 Å². The third-order valence-electron chi connectivity index (χ3n) is 5.96. The van der Waals surface area contributed by atoms with Gasteiger partial charge in [-0.2, -0.15) is 5.10 Å². The first-order chi connectivity index (χ1) is 15.5. The number of hydrogen-bond acceptors (Lipinski definition) is 5. The highest BCUT2D eigenvalue weighted by molar-refractivity contribution is 9.10. The number of hydrogen-bond donors (Lipinski definition) is 2. The molecule has 1 aliphatic heterocycles. The number of aromatic nitrogens is 2. The van der Waals surface area contributed by atoms with Crippen LogP contribution in [0.1, 0.15) is 41.7 Å². The molecule has 1 aliphatic carbocycles. The highest BCUT2D eigenvalue weighted by atomic mass is 79.9. The molecule has 0 saturated heterocycles. The van der Waals surface area contributed by atoms with Crippen LogP contribution in [0.25, 0.3) is 11.3 Å². The summed E-state index contributed by atoms with van der Waals surface area (Å²) in [7, 11) is 0. The standard InChI is InChI=1S/C23H23BrN4O4/c1-13-17-10-15(24)2-5-20(17)32-21(13)23(30)28(16-3-4-16)8-7-25-22(29)19-11-18(26-27-19)14-6-9-31-12-14/h2,5-6,9-13,16,21H,3-4,7-8H2,1H3,(H,25,29)(H,26,27)/t13-,21+/m0/s1. The van der Waals surface area contributed by atoms with Gasteiger partial charge in [0.1, 0.15) is 11.4 Å². The van der Waals surface area contributed by atoms with Gasteiger partial charge in [0.25, 0.3) is 11.8 Å². The second-order valence-electron chi connectivity index (χ2n) is 8.21. The predicted molar refractivity (Wildman–Crippen MR) is 120 cm³/mol. The van der Waals surface area contributed by atoms with Crippen LogP contribution in [-0.4, -0.2) is 52.1 Å². The Kier molecular flexibility index (Phi) is 5.50. The number of rotatable bonds is 7. The number of carbonyl (C=O) groups is 2. The average Bonchev–Trinajstić information content (AvgIpc) is 3.18. The van der Waals surface area contributed by atoms with Crippen LogP contribution in [-0.2, 0) is 4.79 Å². The van der Waals surface area contributed by atoms with Gasteiger partial charge in [-0.3, -0.25) is 14.7 Å². The fourth-order valence-corrected chi connectivity index (χ4v) is 4.43. The van der Waals surface area contributed by atoms with E-state index in [2.05, 4.69) is 31.4 Å². The molecule has 9 heteroatoms. The molecule has 2 aliphatic rings. The van der Waals surface area contributed by atoms with E-state index in [1.54, 1.807) is 24.7 Å². The quantitative estimate of drug-likeness (QED) is 0.516. The molecule has 8 nitrogen and oxygen atoms in total. The van der Waals surface area contributed by atoms with E-state index in [4.69, 9.17) is 9.15 Å². The minimum Gasteiger partial charge on any atom is -0.480 e. The summed E-state index contributed by atoms with van der Waals surface area (Å²) in [5.74, 6) is 0.441. The second kappa shape index (κ2) is 8.46. The van der Waals surface area contributed by atoms with Gasteiger partial charge in [-0.05, 0) is 43.2 Å². The summed E-state index contributed by atoms with van der Waals surface area (Å²) in [6.45, 7) is 2.80. The van der Waals surface area contributed by atoms with E-state index in [-0.39, 0.29) is 23.8 Å². The first-order valence-corrected chi connectivity index (χ1v) is 11.4. The molecule has 32 heavy (non-hydrogen) atoms. The smallest absolute Gasteiger partial charge is 0.269 e. The lowest BCUT2D eigenvalue weighted by Crippen LogP contribution is -2.46. The molecular weight excluding hydrogens is 476 g/mol. The largest absolute Gasteiger partial charge is 0.480 e. The summed E-state index contributed by atoms with van der Waals surface area (Å²) >= 11 is 3.49. The number of halogens is 1. The second-order valence-corrected chi connectivity index (χ2v) is 9.12. The molecule has 1 aromatic carbocycles. The number of benzene rings is 1. The van der Waals surface area contributed by atoms with E-state index in [0.717, 1.165) is 34.2 Å². The Balaban J connectivity index is 1.20. The van der Waals surface area contributed by atoms with E-state index < -0.39 is 6.10 Å². The molecule has 5 rings (SSSR count). The number of nitrogens with zero attached hydrogens (tertiary/aromatic N) is 2. The Labute approximate surface area is 193 Å². The van der Waals surface area contributed by atoms with Gasteiger partial charge < -0.3 is 19.4 Å². The average molecular weight is 499 g/mol. The Morgan fingerprint density at radius 2 is 2.12 bits per heavy atom. The zero-order valence-corrected chi connectivity index (χ0v) is 19.1. The summed E-state index contributed by atoms with van der Waals surface area (Å²) < 4.78 is 12.0. The van der Waals surface area contributed by atoms with E-state index in [1.165, 1.54) is 0 Å². The zero-order valence-electron chi connectivity index (χ0n) is 17.5. The first-order valence-electron chi connectivity index (χ1n) is 10.6. The Hall–Kier alpha value is -3.07. The molecule has 3 heterocycles. The molecule has 1 saturated carbocycles. The van der Waals surface area contributed by atoms with Gasteiger partial charge in [-0.15, -0.1) is 0 Å². The molecule has 2 amide bonds. The van der Waals surface area contributed by atoms with Crippen LogP contribution in [0.4, 0.5) is 0 Å². The van der Waals surface area contributed by atoms with Crippen LogP contribution < -0.4 is 10.1 Å². The number of fused-ring (bicyclic) bond motifs is 1. The summed E-state index contributed by atoms with van der Waals surface area (Å²) in [6, 6.07) is 9.49. The number of carbonyl (C=O) groups excluding carboxylic acids is 2. The van der Waals surface area contributed by atoms with E-state index >= 15 is 0 Å². The Bertz CT molecular complexity index is 1140. The van der Waals surface area contributed by atoms with E-state index in [0.29, 0.717) is 24.5 Å². The molecule has 0 radical (unpaired) electrons. The lowest BCUT2D eigenvalue weighted by Gasteiger charge is -2.27. The highest BCUT2D eigenvalue weighted by Gasteiger charge is 2.42. The van der Waals surface area contributed by atoms with Crippen molar-refractivity contribution < 1.29 is 18.7 Å². The van der Waals surface area contributed by atoms with E-state index in [1.807, 2.05) is 30.0 Å². The van der Waals surface area contributed by atoms with Crippen molar-refractivity contribution in [2.45, 2.75) is 37.8 Å². The van der Waals surface area contributed by atoms with Crippen molar-refractivity contribution in [1.82, 2.24) is 20.4 Å². The van der Waals surface area contributed by atoms with Crippen molar-refractivity contribution in [3.8, 4) is 17.0 Å². The van der Waals surface area contributed by atoms with Crippen molar-refractivity contribution in [1.29, 1.82) is 0 Å². The Morgan fingerprint density at radius 3 is 2.88 bits per heavy atom. The topological polar surface area (TPSA) is 100 Å². The van der Waals surface area contributed by atoms with Crippen LogP contribution in [0.3, 0.4) is 0 Å². The van der Waals surface area contributed by atoms with Crippen molar-refractivity contribution >= 4 is 27.7 Å². The molecular formula is C23H23BrN4O4. The maximum Gasteiger partial charge on any atom is 0.269 e. The number of furan rings is 1. The van der Waals surface area contributed by atoms with Crippen LogP contribution in [0.15, 0.2) is 51.7 Å². The lowest BCUT2D eigenvalue weighted by molar-refractivity contribution is -0.139. The summed E-state index contributed by atoms with van der Waals surface area (Å²) in [6.07, 6.45) is 4.54. The maximum atomic E-state index is 13.3. The third-order valence-corrected chi connectivity index (χ3v) is 6.46. The third kappa shape index (κ3) is 4.04. The summed E-state index contributed by atoms with van der Waals surface area (Å²) in [5.41, 5.74) is 2.83. The van der Waals surface area contributed by atoms with Gasteiger partial charge in [0, 0.05) is 40.6 Å². The molecule has 2 N–H and O–H groups in total. The number of H-pyrrole nitrogens is 1. The summed E-state index contributed by atoms with van der Waals surface area (Å²) in [5, 5.41) is 9.77. The van der Waals surface area contributed by atoms with Gasteiger partial charge in [-0.25, -0.2) is 0 Å². The molecule has 0 spiro atoms. The van der Waals surface area contributed by atoms with Crippen molar-refractivity contribution in [3.63, 3.8) is 0 Å². The lowest BCUT2D eigenvalue weighted by atomic mass is 9.97. The molecule has 3 aromatic rings. The van der Waals surface area contributed by atoms with Crippen molar-refractivity contribution in [2.75, 3.05) is 13.1 Å². The molecule has 0 bridgehead atoms. The minimum atomic E-state index is -0.541. The fraction of sp³-hybridized carbons (Fsp3) is 0.348.